The Hall–Kier alpha value is -2.54. The van der Waals surface area contributed by atoms with Gasteiger partial charge in [-0.15, -0.1) is 16.7 Å². The van der Waals surface area contributed by atoms with Crippen molar-refractivity contribution in [2.75, 3.05) is 7.11 Å². The van der Waals surface area contributed by atoms with E-state index in [1.165, 1.54) is 16.8 Å². The summed E-state index contributed by atoms with van der Waals surface area (Å²) in [5.41, 5.74) is 1.23. The van der Waals surface area contributed by atoms with E-state index in [9.17, 15) is 13.2 Å². The smallest absolute Gasteiger partial charge is 0.416 e. The molecule has 2 aromatic carbocycles. The molecule has 0 unspecified atom stereocenters. The molecule has 1 heterocycles. The Balaban J connectivity index is 2.13. The first-order chi connectivity index (χ1) is 11.9. The third-order valence-electron chi connectivity index (χ3n) is 3.65. The highest BCUT2D eigenvalue weighted by Crippen LogP contribution is 2.32. The SMILES string of the molecule is COc1ccc(-c2c(CCl)nnn2-c2cccc(C(F)(F)F)c2)cc1. The van der Waals surface area contributed by atoms with Crippen molar-refractivity contribution in [3.8, 4) is 22.7 Å². The minimum Gasteiger partial charge on any atom is -0.497 e. The standard InChI is InChI=1S/C17H13ClF3N3O/c1-25-14-7-5-11(6-8-14)16-15(10-18)22-23-24(16)13-4-2-3-12(9-13)17(19,20)21/h2-9H,10H2,1H3. The number of methoxy groups -OCH3 is 1. The van der Waals surface area contributed by atoms with Gasteiger partial charge in [0.2, 0.25) is 0 Å². The first kappa shape index (κ1) is 17.3. The van der Waals surface area contributed by atoms with Crippen molar-refractivity contribution in [1.82, 2.24) is 15.0 Å². The number of alkyl halides is 4. The number of aromatic nitrogens is 3. The third-order valence-corrected chi connectivity index (χ3v) is 3.90. The molecule has 0 fully saturated rings. The van der Waals surface area contributed by atoms with Crippen LogP contribution in [0.5, 0.6) is 5.75 Å². The van der Waals surface area contributed by atoms with Crippen LogP contribution in [-0.2, 0) is 12.1 Å². The fraction of sp³-hybridized carbons (Fsp3) is 0.176. The Bertz CT molecular complexity index is 876. The maximum Gasteiger partial charge on any atom is 0.416 e. The van der Waals surface area contributed by atoms with E-state index in [1.54, 1.807) is 31.4 Å². The number of nitrogens with zero attached hydrogens (tertiary/aromatic N) is 3. The first-order valence-corrected chi connectivity index (χ1v) is 7.80. The normalized spacial score (nSPS) is 11.6. The van der Waals surface area contributed by atoms with Crippen LogP contribution in [0.1, 0.15) is 11.3 Å². The Morgan fingerprint density at radius 1 is 1.12 bits per heavy atom. The van der Waals surface area contributed by atoms with Gasteiger partial charge in [-0.2, -0.15) is 13.2 Å². The van der Waals surface area contributed by atoms with E-state index in [0.29, 0.717) is 17.1 Å². The van der Waals surface area contributed by atoms with Gasteiger partial charge in [0.1, 0.15) is 11.4 Å². The lowest BCUT2D eigenvalue weighted by molar-refractivity contribution is -0.137. The Morgan fingerprint density at radius 2 is 1.84 bits per heavy atom. The van der Waals surface area contributed by atoms with E-state index >= 15 is 0 Å². The maximum absolute atomic E-state index is 13.0. The lowest BCUT2D eigenvalue weighted by Crippen LogP contribution is -2.07. The third kappa shape index (κ3) is 3.46. The Labute approximate surface area is 146 Å². The average Bonchev–Trinajstić information content (AvgIpc) is 3.05. The van der Waals surface area contributed by atoms with Crippen molar-refractivity contribution in [3.63, 3.8) is 0 Å². The van der Waals surface area contributed by atoms with Gasteiger partial charge < -0.3 is 4.74 Å². The summed E-state index contributed by atoms with van der Waals surface area (Å²) >= 11 is 5.92. The van der Waals surface area contributed by atoms with Gasteiger partial charge in [0.15, 0.2) is 0 Å². The molecule has 0 radical (unpaired) electrons. The minimum absolute atomic E-state index is 0.0837. The lowest BCUT2D eigenvalue weighted by Gasteiger charge is -2.11. The number of hydrogen-bond donors (Lipinski definition) is 0. The van der Waals surface area contributed by atoms with Crippen LogP contribution in [0, 0.1) is 0 Å². The van der Waals surface area contributed by atoms with Gasteiger partial charge in [0, 0.05) is 5.56 Å². The van der Waals surface area contributed by atoms with Crippen molar-refractivity contribution in [2.24, 2.45) is 0 Å². The van der Waals surface area contributed by atoms with E-state index in [-0.39, 0.29) is 11.6 Å². The molecule has 0 atom stereocenters. The number of halogens is 4. The molecule has 0 aliphatic heterocycles. The molecule has 8 heteroatoms. The molecule has 0 aliphatic carbocycles. The summed E-state index contributed by atoms with van der Waals surface area (Å²) in [6.45, 7) is 0. The van der Waals surface area contributed by atoms with Gasteiger partial charge >= 0.3 is 6.18 Å². The summed E-state index contributed by atoms with van der Waals surface area (Å²) in [6.07, 6.45) is -4.44. The second-order valence-corrected chi connectivity index (χ2v) is 5.47. The van der Waals surface area contributed by atoms with E-state index < -0.39 is 11.7 Å². The molecule has 4 nitrogen and oxygen atoms in total. The van der Waals surface area contributed by atoms with E-state index in [2.05, 4.69) is 10.3 Å². The number of rotatable bonds is 4. The largest absolute Gasteiger partial charge is 0.497 e. The number of benzene rings is 2. The van der Waals surface area contributed by atoms with Gasteiger partial charge in [0.05, 0.1) is 29.9 Å². The molecule has 0 bridgehead atoms. The van der Waals surface area contributed by atoms with Crippen LogP contribution in [0.25, 0.3) is 16.9 Å². The monoisotopic (exact) mass is 367 g/mol. The molecule has 0 saturated carbocycles. The Kier molecular flexibility index (Phi) is 4.67. The molecule has 0 amide bonds. The highest BCUT2D eigenvalue weighted by Gasteiger charge is 2.31. The summed E-state index contributed by atoms with van der Waals surface area (Å²) in [5, 5.41) is 7.97. The molecule has 0 spiro atoms. The molecule has 3 rings (SSSR count). The highest BCUT2D eigenvalue weighted by atomic mass is 35.5. The van der Waals surface area contributed by atoms with Gasteiger partial charge in [-0.25, -0.2) is 4.68 Å². The minimum atomic E-state index is -4.44. The van der Waals surface area contributed by atoms with Crippen LogP contribution in [0.3, 0.4) is 0 Å². The molecule has 0 saturated heterocycles. The molecule has 1 aromatic heterocycles. The summed E-state index contributed by atoms with van der Waals surface area (Å²) < 4.78 is 45.4. The first-order valence-electron chi connectivity index (χ1n) is 7.26. The fourth-order valence-electron chi connectivity index (χ4n) is 2.44. The molecule has 130 valence electrons. The van der Waals surface area contributed by atoms with Crippen LogP contribution in [0.2, 0.25) is 0 Å². The van der Waals surface area contributed by atoms with E-state index in [0.717, 1.165) is 17.7 Å². The second-order valence-electron chi connectivity index (χ2n) is 5.21. The van der Waals surface area contributed by atoms with Gasteiger partial charge in [0.25, 0.3) is 0 Å². The molecular formula is C17H13ClF3N3O. The van der Waals surface area contributed by atoms with Gasteiger partial charge in [-0.05, 0) is 42.5 Å². The van der Waals surface area contributed by atoms with Gasteiger partial charge in [-0.3, -0.25) is 0 Å². The quantitative estimate of drug-likeness (QED) is 0.627. The van der Waals surface area contributed by atoms with Crippen molar-refractivity contribution in [3.05, 3.63) is 59.8 Å². The molecule has 3 aromatic rings. The van der Waals surface area contributed by atoms with Crippen LogP contribution >= 0.6 is 11.6 Å². The summed E-state index contributed by atoms with van der Waals surface area (Å²) in [6, 6.07) is 12.0. The zero-order chi connectivity index (χ0) is 18.0. The predicted molar refractivity (Wildman–Crippen MR) is 87.9 cm³/mol. The van der Waals surface area contributed by atoms with Crippen LogP contribution in [-0.4, -0.2) is 22.1 Å². The number of ether oxygens (including phenoxy) is 1. The Morgan fingerprint density at radius 3 is 2.44 bits per heavy atom. The fourth-order valence-corrected chi connectivity index (χ4v) is 2.62. The summed E-state index contributed by atoms with van der Waals surface area (Å²) in [5.74, 6) is 0.745. The van der Waals surface area contributed by atoms with Crippen molar-refractivity contribution < 1.29 is 17.9 Å². The molecular weight excluding hydrogens is 355 g/mol. The zero-order valence-electron chi connectivity index (χ0n) is 13.1. The second kappa shape index (κ2) is 6.76. The van der Waals surface area contributed by atoms with Crippen LogP contribution < -0.4 is 4.74 Å². The average molecular weight is 368 g/mol. The summed E-state index contributed by atoms with van der Waals surface area (Å²) in [4.78, 5) is 0. The van der Waals surface area contributed by atoms with Crippen molar-refractivity contribution in [1.29, 1.82) is 0 Å². The van der Waals surface area contributed by atoms with Crippen molar-refractivity contribution in [2.45, 2.75) is 12.1 Å². The number of hydrogen-bond acceptors (Lipinski definition) is 3. The van der Waals surface area contributed by atoms with Crippen LogP contribution in [0.15, 0.2) is 48.5 Å². The molecule has 0 N–H and O–H groups in total. The lowest BCUT2D eigenvalue weighted by atomic mass is 10.1. The topological polar surface area (TPSA) is 39.9 Å². The summed E-state index contributed by atoms with van der Waals surface area (Å²) in [7, 11) is 1.55. The molecule has 25 heavy (non-hydrogen) atoms. The zero-order valence-corrected chi connectivity index (χ0v) is 13.8. The maximum atomic E-state index is 13.0. The van der Waals surface area contributed by atoms with Gasteiger partial charge in [-0.1, -0.05) is 11.3 Å². The highest BCUT2D eigenvalue weighted by molar-refractivity contribution is 6.17. The van der Waals surface area contributed by atoms with Crippen LogP contribution in [0.4, 0.5) is 13.2 Å². The van der Waals surface area contributed by atoms with E-state index in [4.69, 9.17) is 16.3 Å². The predicted octanol–water partition coefficient (Wildman–Crippen LogP) is 4.70. The van der Waals surface area contributed by atoms with Crippen molar-refractivity contribution >= 4 is 11.6 Å². The van der Waals surface area contributed by atoms with E-state index in [1.807, 2.05) is 0 Å². The molecule has 0 aliphatic rings.